The van der Waals surface area contributed by atoms with Crippen LogP contribution in [0.15, 0.2) is 0 Å². The predicted octanol–water partition coefficient (Wildman–Crippen LogP) is 4.08. The summed E-state index contributed by atoms with van der Waals surface area (Å²) >= 11 is 0. The van der Waals surface area contributed by atoms with E-state index >= 15 is 0 Å². The second-order valence-electron chi connectivity index (χ2n) is 8.79. The van der Waals surface area contributed by atoms with Gasteiger partial charge in [-0.25, -0.2) is 0 Å². The third kappa shape index (κ3) is 2.58. The van der Waals surface area contributed by atoms with Gasteiger partial charge in [-0.05, 0) is 76.0 Å². The molecule has 118 valence electrons. The van der Waals surface area contributed by atoms with Crippen LogP contribution in [-0.4, -0.2) is 17.9 Å². The molecule has 5 aliphatic carbocycles. The molecule has 0 spiro atoms. The summed E-state index contributed by atoms with van der Waals surface area (Å²) in [6, 6.07) is 0.691. The summed E-state index contributed by atoms with van der Waals surface area (Å²) in [6.07, 6.45) is 14.6. The summed E-state index contributed by atoms with van der Waals surface area (Å²) < 4.78 is 0. The maximum absolute atomic E-state index is 13.2. The Bertz CT molecular complexity index is 375. The van der Waals surface area contributed by atoms with Gasteiger partial charge in [0.15, 0.2) is 5.78 Å². The van der Waals surface area contributed by atoms with Crippen LogP contribution in [0.5, 0.6) is 0 Å². The molecular weight excluding hydrogens is 258 g/mol. The van der Waals surface area contributed by atoms with E-state index in [2.05, 4.69) is 12.2 Å². The zero-order chi connectivity index (χ0) is 14.4. The van der Waals surface area contributed by atoms with Crippen molar-refractivity contribution in [1.82, 2.24) is 5.32 Å². The highest BCUT2D eigenvalue weighted by Gasteiger charge is 2.55. The molecule has 0 aliphatic heterocycles. The van der Waals surface area contributed by atoms with Gasteiger partial charge in [0, 0.05) is 11.5 Å². The van der Waals surface area contributed by atoms with Crippen molar-refractivity contribution < 1.29 is 4.79 Å². The Morgan fingerprint density at radius 1 is 0.952 bits per heavy atom. The van der Waals surface area contributed by atoms with Crippen LogP contribution in [0, 0.1) is 23.2 Å². The third-order valence-electron chi connectivity index (χ3n) is 7.05. The van der Waals surface area contributed by atoms with E-state index in [-0.39, 0.29) is 11.5 Å². The first-order valence-electron chi connectivity index (χ1n) is 9.45. The predicted molar refractivity (Wildman–Crippen MR) is 85.1 cm³/mol. The number of Topliss-reactive ketones (excluding diaryl/α,β-unsaturated/α-hetero) is 1. The second kappa shape index (κ2) is 5.37. The van der Waals surface area contributed by atoms with Crippen molar-refractivity contribution in [2.75, 3.05) is 0 Å². The van der Waals surface area contributed by atoms with Gasteiger partial charge in [-0.2, -0.15) is 0 Å². The Hall–Kier alpha value is -0.370. The average molecular weight is 289 g/mol. The first-order chi connectivity index (χ1) is 10.1. The molecule has 2 heteroatoms. The molecule has 0 aromatic carbocycles. The van der Waals surface area contributed by atoms with Crippen molar-refractivity contribution in [3.8, 4) is 0 Å². The molecule has 0 saturated heterocycles. The molecule has 0 aromatic heterocycles. The number of hydrogen-bond donors (Lipinski definition) is 1. The largest absolute Gasteiger partial charge is 0.305 e. The Labute approximate surface area is 129 Å². The SMILES string of the molecule is C[C@H](NC1CCCCC1)C(=O)C12CC3CC(CC(C3)C1)C2. The van der Waals surface area contributed by atoms with Gasteiger partial charge in [0.05, 0.1) is 6.04 Å². The van der Waals surface area contributed by atoms with Gasteiger partial charge in [0.25, 0.3) is 0 Å². The van der Waals surface area contributed by atoms with Crippen molar-refractivity contribution in [2.24, 2.45) is 23.2 Å². The Balaban J connectivity index is 1.44. The lowest BCUT2D eigenvalue weighted by atomic mass is 9.48. The van der Waals surface area contributed by atoms with Crippen LogP contribution in [0.25, 0.3) is 0 Å². The van der Waals surface area contributed by atoms with E-state index in [1.165, 1.54) is 70.6 Å². The molecule has 4 bridgehead atoms. The minimum absolute atomic E-state index is 0.0792. The summed E-state index contributed by atoms with van der Waals surface area (Å²) in [5.41, 5.74) is 0.0792. The van der Waals surface area contributed by atoms with E-state index in [1.54, 1.807) is 0 Å². The number of ketones is 1. The third-order valence-corrected chi connectivity index (χ3v) is 7.05. The molecule has 5 aliphatic rings. The van der Waals surface area contributed by atoms with Crippen LogP contribution < -0.4 is 5.32 Å². The average Bonchev–Trinajstić information content (AvgIpc) is 2.46. The lowest BCUT2D eigenvalue weighted by Gasteiger charge is -2.56. The number of hydrogen-bond acceptors (Lipinski definition) is 2. The Kier molecular flexibility index (Phi) is 3.64. The maximum atomic E-state index is 13.2. The van der Waals surface area contributed by atoms with Gasteiger partial charge in [-0.3, -0.25) is 4.79 Å². The fourth-order valence-corrected chi connectivity index (χ4v) is 6.57. The highest BCUT2D eigenvalue weighted by molar-refractivity contribution is 5.89. The molecule has 5 saturated carbocycles. The highest BCUT2D eigenvalue weighted by Crippen LogP contribution is 2.60. The van der Waals surface area contributed by atoms with E-state index < -0.39 is 0 Å². The molecule has 5 fully saturated rings. The van der Waals surface area contributed by atoms with Crippen LogP contribution in [0.4, 0.5) is 0 Å². The lowest BCUT2D eigenvalue weighted by Crippen LogP contribution is -2.55. The molecule has 1 N–H and O–H groups in total. The normalized spacial score (nSPS) is 44.0. The molecule has 5 rings (SSSR count). The summed E-state index contributed by atoms with van der Waals surface area (Å²) in [6.45, 7) is 2.15. The molecule has 0 heterocycles. The Morgan fingerprint density at radius 3 is 2.00 bits per heavy atom. The van der Waals surface area contributed by atoms with E-state index in [4.69, 9.17) is 0 Å². The maximum Gasteiger partial charge on any atom is 0.155 e. The zero-order valence-electron chi connectivity index (χ0n) is 13.6. The van der Waals surface area contributed by atoms with Crippen molar-refractivity contribution >= 4 is 5.78 Å². The minimum atomic E-state index is 0.0792. The van der Waals surface area contributed by atoms with Gasteiger partial charge in [-0.1, -0.05) is 19.3 Å². The Morgan fingerprint density at radius 2 is 1.48 bits per heavy atom. The van der Waals surface area contributed by atoms with Crippen LogP contribution in [0.1, 0.15) is 77.6 Å². The van der Waals surface area contributed by atoms with Crippen LogP contribution in [0.3, 0.4) is 0 Å². The van der Waals surface area contributed by atoms with Crippen molar-refractivity contribution in [2.45, 2.75) is 89.6 Å². The summed E-state index contributed by atoms with van der Waals surface area (Å²) in [4.78, 5) is 13.2. The smallest absolute Gasteiger partial charge is 0.155 e. The summed E-state index contributed by atoms with van der Waals surface area (Å²) in [7, 11) is 0. The van der Waals surface area contributed by atoms with Crippen LogP contribution >= 0.6 is 0 Å². The molecule has 0 radical (unpaired) electrons. The molecule has 0 unspecified atom stereocenters. The van der Waals surface area contributed by atoms with E-state index in [9.17, 15) is 4.79 Å². The van der Waals surface area contributed by atoms with Crippen molar-refractivity contribution in [3.05, 3.63) is 0 Å². The van der Waals surface area contributed by atoms with Crippen LogP contribution in [0.2, 0.25) is 0 Å². The second-order valence-corrected chi connectivity index (χ2v) is 8.79. The van der Waals surface area contributed by atoms with E-state index in [1.807, 2.05) is 0 Å². The van der Waals surface area contributed by atoms with Crippen molar-refractivity contribution in [1.29, 1.82) is 0 Å². The summed E-state index contributed by atoms with van der Waals surface area (Å²) in [5.74, 6) is 3.21. The molecule has 21 heavy (non-hydrogen) atoms. The van der Waals surface area contributed by atoms with Gasteiger partial charge in [-0.15, -0.1) is 0 Å². The first-order valence-corrected chi connectivity index (χ1v) is 9.45. The fourth-order valence-electron chi connectivity index (χ4n) is 6.57. The molecular formula is C19H31NO. The molecule has 1 atom stereocenters. The minimum Gasteiger partial charge on any atom is -0.305 e. The highest BCUT2D eigenvalue weighted by atomic mass is 16.1. The number of carbonyl (C=O) groups excluding carboxylic acids is 1. The topological polar surface area (TPSA) is 29.1 Å². The van der Waals surface area contributed by atoms with Crippen molar-refractivity contribution in [3.63, 3.8) is 0 Å². The lowest BCUT2D eigenvalue weighted by molar-refractivity contribution is -0.146. The van der Waals surface area contributed by atoms with Gasteiger partial charge in [0.1, 0.15) is 0 Å². The number of rotatable bonds is 4. The van der Waals surface area contributed by atoms with Gasteiger partial charge in [0.2, 0.25) is 0 Å². The van der Waals surface area contributed by atoms with Gasteiger partial charge < -0.3 is 5.32 Å². The van der Waals surface area contributed by atoms with E-state index in [0.717, 1.165) is 17.8 Å². The van der Waals surface area contributed by atoms with Gasteiger partial charge >= 0.3 is 0 Å². The number of nitrogens with one attached hydrogen (secondary N) is 1. The number of carbonyl (C=O) groups is 1. The fraction of sp³-hybridized carbons (Fsp3) is 0.947. The zero-order valence-corrected chi connectivity index (χ0v) is 13.6. The summed E-state index contributed by atoms with van der Waals surface area (Å²) in [5, 5.41) is 3.69. The quantitative estimate of drug-likeness (QED) is 0.845. The molecule has 2 nitrogen and oxygen atoms in total. The first kappa shape index (κ1) is 14.2. The molecule has 0 amide bonds. The standard InChI is InChI=1S/C19H31NO/c1-13(20-17-5-3-2-4-6-17)18(21)19-10-14-7-15(11-19)9-16(8-14)12-19/h13-17,20H,2-12H2,1H3/t13-,14?,15?,16?,19?/m0/s1. The molecule has 0 aromatic rings. The van der Waals surface area contributed by atoms with Crippen LogP contribution in [-0.2, 0) is 4.79 Å². The van der Waals surface area contributed by atoms with E-state index in [0.29, 0.717) is 11.8 Å². The monoisotopic (exact) mass is 289 g/mol.